The van der Waals surface area contributed by atoms with Crippen molar-refractivity contribution < 1.29 is 17.7 Å². The zero-order chi connectivity index (χ0) is 17.7. The van der Waals surface area contributed by atoms with Crippen molar-refractivity contribution in [2.45, 2.75) is 44.0 Å². The van der Waals surface area contributed by atoms with Crippen LogP contribution in [0.5, 0.6) is 0 Å². The lowest BCUT2D eigenvalue weighted by molar-refractivity contribution is 0.0642. The van der Waals surface area contributed by atoms with Gasteiger partial charge in [0.1, 0.15) is 12.0 Å². The number of hydrogen-bond donors (Lipinski definition) is 0. The molecular weight excluding hydrogens is 320 g/mol. The molecule has 0 fully saturated rings. The smallest absolute Gasteiger partial charge is 0.310 e. The van der Waals surface area contributed by atoms with E-state index in [0.717, 1.165) is 0 Å². The summed E-state index contributed by atoms with van der Waals surface area (Å²) in [6, 6.07) is 5.93. The van der Waals surface area contributed by atoms with Crippen LogP contribution in [0.4, 0.5) is 8.78 Å². The van der Waals surface area contributed by atoms with E-state index >= 15 is 0 Å². The van der Waals surface area contributed by atoms with E-state index in [1.54, 1.807) is 33.8 Å². The van der Waals surface area contributed by atoms with Crippen LogP contribution in [0, 0.1) is 12.4 Å². The molecule has 0 amide bonds. The highest BCUT2D eigenvalue weighted by molar-refractivity contribution is 7.86. The third kappa shape index (κ3) is 5.08. The molecule has 23 heavy (non-hydrogen) atoms. The Balaban J connectivity index is 3.17. The van der Waals surface area contributed by atoms with Crippen LogP contribution in [0.2, 0.25) is 0 Å². The molecule has 6 heteroatoms. The molecule has 1 rings (SSSR count). The van der Waals surface area contributed by atoms with Crippen molar-refractivity contribution in [2.75, 3.05) is 19.1 Å². The van der Waals surface area contributed by atoms with Crippen LogP contribution in [-0.2, 0) is 21.0 Å². The maximum atomic E-state index is 14.9. The number of benzene rings is 1. The Hall–Kier alpha value is -1.32. The van der Waals surface area contributed by atoms with Crippen molar-refractivity contribution in [3.05, 3.63) is 47.1 Å². The van der Waals surface area contributed by atoms with Gasteiger partial charge in [0.2, 0.25) is 0 Å². The topological polar surface area (TPSA) is 30.7 Å². The highest BCUT2D eigenvalue weighted by atomic mass is 32.2. The van der Waals surface area contributed by atoms with Gasteiger partial charge in [-0.25, -0.2) is 15.4 Å². The van der Waals surface area contributed by atoms with E-state index in [4.69, 9.17) is 11.3 Å². The van der Waals surface area contributed by atoms with Gasteiger partial charge in [-0.1, -0.05) is 25.1 Å². The van der Waals surface area contributed by atoms with Gasteiger partial charge in [-0.2, -0.15) is 0 Å². The first-order valence-corrected chi connectivity index (χ1v) is 8.63. The molecule has 128 valence electrons. The number of hydrogen-bond acceptors (Lipinski definition) is 2. The van der Waals surface area contributed by atoms with Gasteiger partial charge >= 0.3 is 6.73 Å². The zero-order valence-electron chi connectivity index (χ0n) is 13.9. The third-order valence-corrected chi connectivity index (χ3v) is 5.94. The molecule has 0 aliphatic heterocycles. The number of ether oxygens (including phenoxy) is 1. The molecule has 0 spiro atoms. The first kappa shape index (κ1) is 19.7. The van der Waals surface area contributed by atoms with Crippen LogP contribution in [-0.4, -0.2) is 34.2 Å². The molecule has 1 aromatic carbocycles. The Kier molecular flexibility index (Phi) is 6.84. The maximum absolute atomic E-state index is 14.9. The van der Waals surface area contributed by atoms with Gasteiger partial charge in [0.15, 0.2) is 0 Å². The summed E-state index contributed by atoms with van der Waals surface area (Å²) >= 11 is 0. The summed E-state index contributed by atoms with van der Waals surface area (Å²) < 4.78 is 46.0. The van der Waals surface area contributed by atoms with E-state index in [2.05, 4.69) is 4.85 Å². The Morgan fingerprint density at radius 1 is 1.30 bits per heavy atom. The van der Waals surface area contributed by atoms with Gasteiger partial charge in [0.25, 0.3) is 0 Å². The molecule has 0 saturated carbocycles. The van der Waals surface area contributed by atoms with Crippen molar-refractivity contribution in [2.24, 2.45) is 0 Å². The number of rotatable bonds is 7. The summed E-state index contributed by atoms with van der Waals surface area (Å²) in [5.74, 6) is -0.561. The van der Waals surface area contributed by atoms with Crippen LogP contribution in [0.1, 0.15) is 33.3 Å². The fraction of sp³-hybridized carbons (Fsp3) is 0.588. The maximum Gasteiger partial charge on any atom is 0.318 e. The van der Waals surface area contributed by atoms with E-state index in [9.17, 15) is 13.0 Å². The van der Waals surface area contributed by atoms with Crippen LogP contribution in [0.25, 0.3) is 4.85 Å². The molecule has 0 aliphatic rings. The van der Waals surface area contributed by atoms with Crippen LogP contribution in [0.15, 0.2) is 24.3 Å². The van der Waals surface area contributed by atoms with E-state index in [0.29, 0.717) is 0 Å². The predicted octanol–water partition coefficient (Wildman–Crippen LogP) is 3.86. The lowest BCUT2D eigenvalue weighted by Crippen LogP contribution is -2.45. The quantitative estimate of drug-likeness (QED) is 0.556. The van der Waals surface area contributed by atoms with Crippen molar-refractivity contribution in [3.63, 3.8) is 0 Å². The standard InChI is InChI=1S/C17H23F2NO2S/c1-16(2,3)23(21)11-17(4,15(19)10-22-12-20-5)13-8-6-7-9-14(13)18/h6-9,15H,10-12H2,1-4H3/t15-,17+,23+/m0/s1. The van der Waals surface area contributed by atoms with Crippen molar-refractivity contribution >= 4 is 10.8 Å². The normalized spacial score (nSPS) is 17.1. The Labute approximate surface area is 139 Å². The van der Waals surface area contributed by atoms with Crippen LogP contribution < -0.4 is 0 Å². The number of alkyl halides is 1. The molecule has 0 unspecified atom stereocenters. The van der Waals surface area contributed by atoms with Crippen LogP contribution >= 0.6 is 0 Å². The molecule has 0 bridgehead atoms. The highest BCUT2D eigenvalue weighted by Gasteiger charge is 2.42. The summed E-state index contributed by atoms with van der Waals surface area (Å²) in [7, 11) is -1.37. The van der Waals surface area contributed by atoms with Crippen LogP contribution in [0.3, 0.4) is 0 Å². The summed E-state index contributed by atoms with van der Waals surface area (Å²) in [6.07, 6.45) is -1.58. The highest BCUT2D eigenvalue weighted by Crippen LogP contribution is 2.35. The van der Waals surface area contributed by atoms with Gasteiger partial charge in [0.05, 0.1) is 6.61 Å². The van der Waals surface area contributed by atoms with Crippen molar-refractivity contribution in [1.82, 2.24) is 0 Å². The minimum absolute atomic E-state index is 0.0278. The van der Waals surface area contributed by atoms with E-state index < -0.39 is 33.0 Å². The van der Waals surface area contributed by atoms with Crippen molar-refractivity contribution in [3.8, 4) is 0 Å². The molecule has 3 nitrogen and oxygen atoms in total. The van der Waals surface area contributed by atoms with E-state index in [-0.39, 0.29) is 24.7 Å². The third-order valence-electron chi connectivity index (χ3n) is 3.71. The van der Waals surface area contributed by atoms with Crippen molar-refractivity contribution in [1.29, 1.82) is 0 Å². The Bertz CT molecular complexity index is 595. The fourth-order valence-electron chi connectivity index (χ4n) is 2.14. The largest absolute Gasteiger partial charge is 0.318 e. The minimum atomic E-state index is -1.58. The molecule has 0 aromatic heterocycles. The Morgan fingerprint density at radius 3 is 2.43 bits per heavy atom. The molecule has 0 heterocycles. The fourth-order valence-corrected chi connectivity index (χ4v) is 3.45. The van der Waals surface area contributed by atoms with Gasteiger partial charge in [0, 0.05) is 26.7 Å². The van der Waals surface area contributed by atoms with E-state index in [1.165, 1.54) is 18.2 Å². The van der Waals surface area contributed by atoms with Gasteiger partial charge in [-0.05, 0) is 32.4 Å². The molecule has 0 radical (unpaired) electrons. The SMILES string of the molecule is [C-]#[N+]COC[C@H](F)[C@](C)(C[S@@](=O)C(C)(C)C)c1ccccc1F. The van der Waals surface area contributed by atoms with Gasteiger partial charge < -0.3 is 4.74 Å². The molecule has 0 saturated heterocycles. The van der Waals surface area contributed by atoms with E-state index in [1.807, 2.05) is 0 Å². The predicted molar refractivity (Wildman–Crippen MR) is 88.8 cm³/mol. The molecule has 3 atom stereocenters. The summed E-state index contributed by atoms with van der Waals surface area (Å²) in [6.45, 7) is 13.0. The molecule has 0 aliphatic carbocycles. The lowest BCUT2D eigenvalue weighted by Gasteiger charge is -2.35. The number of nitrogens with zero attached hydrogens (tertiary/aromatic N) is 1. The monoisotopic (exact) mass is 343 g/mol. The molecule has 1 aromatic rings. The lowest BCUT2D eigenvalue weighted by atomic mass is 9.80. The Morgan fingerprint density at radius 2 is 1.91 bits per heavy atom. The number of halogens is 2. The zero-order valence-corrected chi connectivity index (χ0v) is 14.8. The first-order valence-electron chi connectivity index (χ1n) is 7.31. The first-order chi connectivity index (χ1) is 10.6. The molecular formula is C17H23F2NO2S. The summed E-state index contributed by atoms with van der Waals surface area (Å²) in [5, 5.41) is 0. The second kappa shape index (κ2) is 7.98. The second-order valence-corrected chi connectivity index (χ2v) is 8.83. The summed E-state index contributed by atoms with van der Waals surface area (Å²) in [5.41, 5.74) is -1.12. The minimum Gasteiger partial charge on any atom is -0.310 e. The average Bonchev–Trinajstić information content (AvgIpc) is 2.46. The summed E-state index contributed by atoms with van der Waals surface area (Å²) in [4.78, 5) is 3.01. The van der Waals surface area contributed by atoms with Gasteiger partial charge in [-0.3, -0.25) is 9.05 Å². The average molecular weight is 343 g/mol. The second-order valence-electron chi connectivity index (χ2n) is 6.63. The van der Waals surface area contributed by atoms with Gasteiger partial charge in [-0.15, -0.1) is 0 Å². The molecule has 0 N–H and O–H groups in total.